The van der Waals surface area contributed by atoms with Gasteiger partial charge in [-0.15, -0.1) is 11.3 Å². The van der Waals surface area contributed by atoms with Crippen LogP contribution in [0.25, 0.3) is 11.3 Å². The van der Waals surface area contributed by atoms with Crippen LogP contribution in [0.3, 0.4) is 0 Å². The van der Waals surface area contributed by atoms with Gasteiger partial charge in [-0.05, 0) is 18.2 Å². The molecule has 2 aromatic carbocycles. The lowest BCUT2D eigenvalue weighted by atomic mass is 10.1. The second kappa shape index (κ2) is 8.33. The van der Waals surface area contributed by atoms with Crippen molar-refractivity contribution >= 4 is 45.6 Å². The van der Waals surface area contributed by atoms with Gasteiger partial charge in [0.25, 0.3) is 5.91 Å². The first-order chi connectivity index (χ1) is 13.0. The molecule has 0 saturated carbocycles. The zero-order valence-corrected chi connectivity index (χ0v) is 16.5. The standard InChI is InChI=1S/C20H18ClN3O2S/c1-3-18(25)24(2)17-11-7-5-9-14(17)19(26)23-20-22-16(12-27-20)13-8-4-6-10-15(13)21/h4-12H,3H2,1-2H3,(H,22,23,26). The Kier molecular flexibility index (Phi) is 5.88. The summed E-state index contributed by atoms with van der Waals surface area (Å²) in [6.45, 7) is 1.79. The number of carbonyl (C=O) groups excluding carboxylic acids is 2. The number of amides is 2. The molecule has 1 heterocycles. The third-order valence-corrected chi connectivity index (χ3v) is 5.15. The van der Waals surface area contributed by atoms with E-state index in [0.29, 0.717) is 33.5 Å². The number of thiazole rings is 1. The first-order valence-electron chi connectivity index (χ1n) is 8.38. The highest BCUT2D eigenvalue weighted by atomic mass is 35.5. The van der Waals surface area contributed by atoms with Crippen LogP contribution in [0.15, 0.2) is 53.9 Å². The minimum absolute atomic E-state index is 0.0643. The van der Waals surface area contributed by atoms with E-state index in [1.54, 1.807) is 44.3 Å². The second-order valence-corrected chi connectivity index (χ2v) is 7.06. The molecule has 0 radical (unpaired) electrons. The zero-order valence-electron chi connectivity index (χ0n) is 14.9. The van der Waals surface area contributed by atoms with E-state index < -0.39 is 0 Å². The summed E-state index contributed by atoms with van der Waals surface area (Å²) in [5.41, 5.74) is 2.48. The Balaban J connectivity index is 1.83. The quantitative estimate of drug-likeness (QED) is 0.650. The summed E-state index contributed by atoms with van der Waals surface area (Å²) in [5, 5.41) is 5.72. The maximum atomic E-state index is 12.8. The number of rotatable bonds is 5. The summed E-state index contributed by atoms with van der Waals surface area (Å²) < 4.78 is 0. The van der Waals surface area contributed by atoms with Crippen LogP contribution >= 0.6 is 22.9 Å². The largest absolute Gasteiger partial charge is 0.315 e. The molecular weight excluding hydrogens is 382 g/mol. The molecule has 27 heavy (non-hydrogen) atoms. The molecule has 0 aliphatic heterocycles. The lowest BCUT2D eigenvalue weighted by Gasteiger charge is -2.19. The van der Waals surface area contributed by atoms with E-state index in [1.807, 2.05) is 23.6 Å². The van der Waals surface area contributed by atoms with Gasteiger partial charge in [0.2, 0.25) is 5.91 Å². The minimum atomic E-state index is -0.318. The van der Waals surface area contributed by atoms with Crippen molar-refractivity contribution in [3.63, 3.8) is 0 Å². The third-order valence-electron chi connectivity index (χ3n) is 4.06. The van der Waals surface area contributed by atoms with Gasteiger partial charge in [-0.25, -0.2) is 4.98 Å². The van der Waals surface area contributed by atoms with E-state index in [0.717, 1.165) is 5.56 Å². The lowest BCUT2D eigenvalue weighted by Crippen LogP contribution is -2.27. The van der Waals surface area contributed by atoms with Gasteiger partial charge in [0.15, 0.2) is 5.13 Å². The van der Waals surface area contributed by atoms with Crippen LogP contribution in [-0.2, 0) is 4.79 Å². The number of aromatic nitrogens is 1. The van der Waals surface area contributed by atoms with E-state index in [2.05, 4.69) is 10.3 Å². The van der Waals surface area contributed by atoms with Crippen LogP contribution in [0.2, 0.25) is 5.02 Å². The maximum Gasteiger partial charge on any atom is 0.259 e. The van der Waals surface area contributed by atoms with Crippen LogP contribution < -0.4 is 10.2 Å². The van der Waals surface area contributed by atoms with E-state index in [-0.39, 0.29) is 11.8 Å². The summed E-state index contributed by atoms with van der Waals surface area (Å²) in [6, 6.07) is 14.4. The van der Waals surface area contributed by atoms with Crippen molar-refractivity contribution in [3.8, 4) is 11.3 Å². The van der Waals surface area contributed by atoms with Gasteiger partial charge < -0.3 is 4.90 Å². The van der Waals surface area contributed by atoms with Gasteiger partial charge in [-0.1, -0.05) is 48.9 Å². The number of hydrogen-bond acceptors (Lipinski definition) is 4. The average molecular weight is 400 g/mol. The predicted octanol–water partition coefficient (Wildman–Crippen LogP) is 5.09. The number of benzene rings is 2. The Hall–Kier alpha value is -2.70. The average Bonchev–Trinajstić information content (AvgIpc) is 3.15. The van der Waals surface area contributed by atoms with Crippen molar-refractivity contribution in [2.45, 2.75) is 13.3 Å². The second-order valence-electron chi connectivity index (χ2n) is 5.80. The van der Waals surface area contributed by atoms with Gasteiger partial charge in [-0.2, -0.15) is 0 Å². The Labute approximate surface area is 166 Å². The predicted molar refractivity (Wildman–Crippen MR) is 111 cm³/mol. The molecule has 0 fully saturated rings. The molecule has 0 spiro atoms. The fourth-order valence-corrected chi connectivity index (χ4v) is 3.56. The number of halogens is 1. The maximum absolute atomic E-state index is 12.8. The van der Waals surface area contributed by atoms with Gasteiger partial charge in [0.05, 0.1) is 16.9 Å². The normalized spacial score (nSPS) is 10.5. The van der Waals surface area contributed by atoms with Crippen LogP contribution in [0.5, 0.6) is 0 Å². The van der Waals surface area contributed by atoms with Crippen LogP contribution in [0.4, 0.5) is 10.8 Å². The highest BCUT2D eigenvalue weighted by Crippen LogP contribution is 2.30. The monoisotopic (exact) mass is 399 g/mol. The molecule has 0 saturated heterocycles. The minimum Gasteiger partial charge on any atom is -0.315 e. The molecule has 2 amide bonds. The molecule has 0 bridgehead atoms. The number of para-hydroxylation sites is 1. The molecule has 0 atom stereocenters. The number of nitrogens with zero attached hydrogens (tertiary/aromatic N) is 2. The summed E-state index contributed by atoms with van der Waals surface area (Å²) >= 11 is 7.53. The summed E-state index contributed by atoms with van der Waals surface area (Å²) in [5.74, 6) is -0.382. The molecule has 0 unspecified atom stereocenters. The Bertz CT molecular complexity index is 987. The van der Waals surface area contributed by atoms with Crippen molar-refractivity contribution in [2.75, 3.05) is 17.3 Å². The van der Waals surface area contributed by atoms with Gasteiger partial charge in [0, 0.05) is 29.4 Å². The van der Waals surface area contributed by atoms with Crippen molar-refractivity contribution in [1.82, 2.24) is 4.98 Å². The van der Waals surface area contributed by atoms with Crippen LogP contribution in [0.1, 0.15) is 23.7 Å². The molecular formula is C20H18ClN3O2S. The fraction of sp³-hybridized carbons (Fsp3) is 0.150. The molecule has 3 rings (SSSR count). The van der Waals surface area contributed by atoms with Crippen molar-refractivity contribution in [2.24, 2.45) is 0 Å². The number of hydrogen-bond donors (Lipinski definition) is 1. The van der Waals surface area contributed by atoms with Crippen molar-refractivity contribution in [1.29, 1.82) is 0 Å². The topological polar surface area (TPSA) is 62.3 Å². The number of nitrogens with one attached hydrogen (secondary N) is 1. The molecule has 138 valence electrons. The van der Waals surface area contributed by atoms with Crippen LogP contribution in [-0.4, -0.2) is 23.8 Å². The van der Waals surface area contributed by atoms with Crippen molar-refractivity contribution in [3.05, 3.63) is 64.5 Å². The SMILES string of the molecule is CCC(=O)N(C)c1ccccc1C(=O)Nc1nc(-c2ccccc2Cl)cs1. The summed E-state index contributed by atoms with van der Waals surface area (Å²) in [4.78, 5) is 30.7. The van der Waals surface area contributed by atoms with Crippen LogP contribution in [0, 0.1) is 0 Å². The summed E-state index contributed by atoms with van der Waals surface area (Å²) in [6.07, 6.45) is 0.361. The third kappa shape index (κ3) is 4.18. The zero-order chi connectivity index (χ0) is 19.4. The lowest BCUT2D eigenvalue weighted by molar-refractivity contribution is -0.118. The van der Waals surface area contributed by atoms with Gasteiger partial charge >= 0.3 is 0 Å². The molecule has 1 aromatic heterocycles. The molecule has 0 aliphatic rings. The number of anilines is 2. The van der Waals surface area contributed by atoms with E-state index >= 15 is 0 Å². The van der Waals surface area contributed by atoms with E-state index in [1.165, 1.54) is 16.2 Å². The van der Waals surface area contributed by atoms with Crippen molar-refractivity contribution < 1.29 is 9.59 Å². The highest BCUT2D eigenvalue weighted by molar-refractivity contribution is 7.14. The van der Waals surface area contributed by atoms with E-state index in [4.69, 9.17) is 11.6 Å². The van der Waals surface area contributed by atoms with Gasteiger partial charge in [0.1, 0.15) is 0 Å². The first kappa shape index (κ1) is 19.1. The Morgan fingerprint density at radius 3 is 2.59 bits per heavy atom. The van der Waals surface area contributed by atoms with E-state index in [9.17, 15) is 9.59 Å². The Morgan fingerprint density at radius 1 is 1.15 bits per heavy atom. The molecule has 0 aliphatic carbocycles. The summed E-state index contributed by atoms with van der Waals surface area (Å²) in [7, 11) is 1.66. The highest BCUT2D eigenvalue weighted by Gasteiger charge is 2.18. The number of carbonyl (C=O) groups is 2. The molecule has 1 N–H and O–H groups in total. The molecule has 7 heteroatoms. The smallest absolute Gasteiger partial charge is 0.259 e. The molecule has 5 nitrogen and oxygen atoms in total. The first-order valence-corrected chi connectivity index (χ1v) is 9.64. The fourth-order valence-electron chi connectivity index (χ4n) is 2.62. The Morgan fingerprint density at radius 2 is 1.85 bits per heavy atom. The molecule has 3 aromatic rings. The van der Waals surface area contributed by atoms with Gasteiger partial charge in [-0.3, -0.25) is 14.9 Å².